The molecule has 0 N–H and O–H groups in total. The first-order valence-corrected chi connectivity index (χ1v) is 6.23. The van der Waals surface area contributed by atoms with Gasteiger partial charge in [-0.25, -0.2) is 0 Å². The van der Waals surface area contributed by atoms with Crippen molar-refractivity contribution < 1.29 is 4.74 Å². The van der Waals surface area contributed by atoms with Crippen LogP contribution in [0.3, 0.4) is 0 Å². The Kier molecular flexibility index (Phi) is 4.22. The van der Waals surface area contributed by atoms with E-state index in [-0.39, 0.29) is 0 Å². The van der Waals surface area contributed by atoms with Gasteiger partial charge in [-0.1, -0.05) is 46.5 Å². The molecule has 18 heavy (non-hydrogen) atoms. The van der Waals surface area contributed by atoms with Gasteiger partial charge in [0.15, 0.2) is 0 Å². The van der Waals surface area contributed by atoms with Crippen LogP contribution in [-0.2, 0) is 0 Å². The van der Waals surface area contributed by atoms with Gasteiger partial charge in [0.1, 0.15) is 5.75 Å². The van der Waals surface area contributed by atoms with Gasteiger partial charge in [0.05, 0.1) is 11.8 Å². The normalized spacial score (nSPS) is 9.17. The van der Waals surface area contributed by atoms with Crippen LogP contribution in [0.4, 0.5) is 0 Å². The Bertz CT molecular complexity index is 603. The van der Waals surface area contributed by atoms with Gasteiger partial charge in [0.2, 0.25) is 0 Å². The maximum atomic E-state index is 5.30. The summed E-state index contributed by atoms with van der Waals surface area (Å²) in [6, 6.07) is 15.5. The minimum Gasteiger partial charge on any atom is -0.464 e. The average molecular weight is 299 g/mol. The average Bonchev–Trinajstić information content (AvgIpc) is 2.40. The quantitative estimate of drug-likeness (QED) is 0.591. The number of rotatable bonds is 2. The molecule has 0 saturated carbocycles. The Labute approximate surface area is 115 Å². The fourth-order valence-electron chi connectivity index (χ4n) is 1.44. The molecule has 0 unspecified atom stereocenters. The second kappa shape index (κ2) is 6.09. The van der Waals surface area contributed by atoms with Crippen molar-refractivity contribution in [3.63, 3.8) is 0 Å². The molecule has 1 nitrogen and oxygen atoms in total. The Morgan fingerprint density at radius 3 is 2.44 bits per heavy atom. The predicted octanol–water partition coefficient (Wildman–Crippen LogP) is 4.37. The zero-order valence-corrected chi connectivity index (χ0v) is 11.3. The Hall–Kier alpha value is -1.98. The largest absolute Gasteiger partial charge is 0.464 e. The molecule has 2 aromatic rings. The summed E-state index contributed by atoms with van der Waals surface area (Å²) in [5, 5.41) is 0. The SMILES string of the molecule is C=COc1ccccc1C#Cc1ccc(Br)cc1. The molecule has 0 radical (unpaired) electrons. The Balaban J connectivity index is 2.29. The highest BCUT2D eigenvalue weighted by atomic mass is 79.9. The summed E-state index contributed by atoms with van der Waals surface area (Å²) in [4.78, 5) is 0. The molecule has 0 atom stereocenters. The summed E-state index contributed by atoms with van der Waals surface area (Å²) in [5.74, 6) is 6.92. The van der Waals surface area contributed by atoms with Crippen LogP contribution < -0.4 is 4.74 Å². The molecule has 88 valence electrons. The standard InChI is InChI=1S/C16H11BrO/c1-2-18-16-6-4-3-5-14(16)10-7-13-8-11-15(17)12-9-13/h2-6,8-9,11-12H,1H2. The molecular formula is C16H11BrO. The minimum absolute atomic E-state index is 0.720. The zero-order chi connectivity index (χ0) is 12.8. The maximum absolute atomic E-state index is 5.30. The molecule has 0 aromatic heterocycles. The summed E-state index contributed by atoms with van der Waals surface area (Å²) in [7, 11) is 0. The van der Waals surface area contributed by atoms with Gasteiger partial charge < -0.3 is 4.74 Å². The highest BCUT2D eigenvalue weighted by Crippen LogP contribution is 2.17. The lowest BCUT2D eigenvalue weighted by Crippen LogP contribution is -1.85. The molecule has 2 heteroatoms. The summed E-state index contributed by atoms with van der Waals surface area (Å²) < 4.78 is 6.34. The van der Waals surface area contributed by atoms with Crippen molar-refractivity contribution in [3.8, 4) is 17.6 Å². The number of para-hydroxylation sites is 1. The van der Waals surface area contributed by atoms with Gasteiger partial charge in [-0.2, -0.15) is 0 Å². The first kappa shape index (κ1) is 12.5. The molecule has 0 saturated heterocycles. The second-order valence-electron chi connectivity index (χ2n) is 3.54. The van der Waals surface area contributed by atoms with Gasteiger partial charge >= 0.3 is 0 Å². The smallest absolute Gasteiger partial charge is 0.142 e. The molecule has 0 fully saturated rings. The molecule has 2 rings (SSSR count). The number of benzene rings is 2. The van der Waals surface area contributed by atoms with Crippen LogP contribution in [-0.4, -0.2) is 0 Å². The van der Waals surface area contributed by atoms with E-state index in [4.69, 9.17) is 4.74 Å². The van der Waals surface area contributed by atoms with Gasteiger partial charge in [0.25, 0.3) is 0 Å². The lowest BCUT2D eigenvalue weighted by atomic mass is 10.1. The minimum atomic E-state index is 0.720. The first-order chi connectivity index (χ1) is 8.79. The molecule has 0 aliphatic carbocycles. The third-order valence-corrected chi connectivity index (χ3v) is 2.81. The summed E-state index contributed by atoms with van der Waals surface area (Å²) in [6.07, 6.45) is 1.40. The van der Waals surface area contributed by atoms with Crippen molar-refractivity contribution in [1.82, 2.24) is 0 Å². The third-order valence-electron chi connectivity index (χ3n) is 2.28. The van der Waals surface area contributed by atoms with Crippen molar-refractivity contribution in [2.75, 3.05) is 0 Å². The second-order valence-corrected chi connectivity index (χ2v) is 4.45. The Morgan fingerprint density at radius 2 is 1.72 bits per heavy atom. The van der Waals surface area contributed by atoms with E-state index in [2.05, 4.69) is 34.3 Å². The predicted molar refractivity (Wildman–Crippen MR) is 77.4 cm³/mol. The summed E-state index contributed by atoms with van der Waals surface area (Å²) in [5.41, 5.74) is 1.81. The van der Waals surface area contributed by atoms with E-state index in [1.54, 1.807) is 0 Å². The van der Waals surface area contributed by atoms with E-state index in [1.165, 1.54) is 6.26 Å². The van der Waals surface area contributed by atoms with E-state index in [1.807, 2.05) is 48.5 Å². The van der Waals surface area contributed by atoms with E-state index < -0.39 is 0 Å². The third kappa shape index (κ3) is 3.26. The first-order valence-electron chi connectivity index (χ1n) is 5.44. The van der Waals surface area contributed by atoms with Gasteiger partial charge in [-0.3, -0.25) is 0 Å². The molecule has 0 heterocycles. The number of ether oxygens (including phenoxy) is 1. The van der Waals surface area contributed by atoms with Crippen LogP contribution in [0.25, 0.3) is 0 Å². The van der Waals surface area contributed by atoms with Crippen LogP contribution in [0, 0.1) is 11.8 Å². The van der Waals surface area contributed by atoms with Crippen LogP contribution in [0.2, 0.25) is 0 Å². The molecule has 0 aliphatic rings. The van der Waals surface area contributed by atoms with Crippen molar-refractivity contribution in [1.29, 1.82) is 0 Å². The highest BCUT2D eigenvalue weighted by molar-refractivity contribution is 9.10. The highest BCUT2D eigenvalue weighted by Gasteiger charge is 1.97. The molecular weight excluding hydrogens is 288 g/mol. The van der Waals surface area contributed by atoms with Crippen molar-refractivity contribution in [2.24, 2.45) is 0 Å². The Morgan fingerprint density at radius 1 is 1.00 bits per heavy atom. The summed E-state index contributed by atoms with van der Waals surface area (Å²) in [6.45, 7) is 3.55. The van der Waals surface area contributed by atoms with E-state index in [9.17, 15) is 0 Å². The monoisotopic (exact) mass is 298 g/mol. The van der Waals surface area contributed by atoms with Gasteiger partial charge in [-0.05, 0) is 36.4 Å². The van der Waals surface area contributed by atoms with E-state index in [0.717, 1.165) is 21.3 Å². The van der Waals surface area contributed by atoms with Crippen LogP contribution in [0.15, 0.2) is 65.8 Å². The van der Waals surface area contributed by atoms with Gasteiger partial charge in [0, 0.05) is 10.0 Å². The number of halogens is 1. The lowest BCUT2D eigenvalue weighted by molar-refractivity contribution is 0.482. The number of hydrogen-bond donors (Lipinski definition) is 0. The fraction of sp³-hybridized carbons (Fsp3) is 0. The maximum Gasteiger partial charge on any atom is 0.142 e. The molecule has 0 aliphatic heterocycles. The van der Waals surface area contributed by atoms with Crippen molar-refractivity contribution in [3.05, 3.63) is 77.0 Å². The van der Waals surface area contributed by atoms with Crippen LogP contribution in [0.1, 0.15) is 11.1 Å². The van der Waals surface area contributed by atoms with E-state index in [0.29, 0.717) is 0 Å². The molecule has 2 aromatic carbocycles. The summed E-state index contributed by atoms with van der Waals surface area (Å²) >= 11 is 3.39. The molecule has 0 amide bonds. The van der Waals surface area contributed by atoms with Crippen molar-refractivity contribution >= 4 is 15.9 Å². The zero-order valence-electron chi connectivity index (χ0n) is 9.69. The number of hydrogen-bond acceptors (Lipinski definition) is 1. The molecule has 0 bridgehead atoms. The van der Waals surface area contributed by atoms with Crippen LogP contribution >= 0.6 is 15.9 Å². The van der Waals surface area contributed by atoms with Crippen molar-refractivity contribution in [2.45, 2.75) is 0 Å². The van der Waals surface area contributed by atoms with E-state index >= 15 is 0 Å². The topological polar surface area (TPSA) is 9.23 Å². The lowest BCUT2D eigenvalue weighted by Gasteiger charge is -2.01. The fourth-order valence-corrected chi connectivity index (χ4v) is 1.70. The molecule has 0 spiro atoms. The van der Waals surface area contributed by atoms with Gasteiger partial charge in [-0.15, -0.1) is 0 Å². The van der Waals surface area contributed by atoms with Crippen LogP contribution in [0.5, 0.6) is 5.75 Å².